The van der Waals surface area contributed by atoms with Gasteiger partial charge in [0.15, 0.2) is 5.82 Å². The van der Waals surface area contributed by atoms with E-state index >= 15 is 0 Å². The first-order chi connectivity index (χ1) is 31.8. The summed E-state index contributed by atoms with van der Waals surface area (Å²) in [5.74, 6) is 0.979. The molecule has 66 heavy (non-hydrogen) atoms. The molecular formula is C60H44N3O2Pt-. The fraction of sp³-hybridized carbons (Fsp3) is 0.100. The molecule has 0 aliphatic heterocycles. The van der Waals surface area contributed by atoms with Gasteiger partial charge in [0.05, 0.1) is 28.0 Å². The van der Waals surface area contributed by atoms with E-state index in [1.54, 1.807) is 6.07 Å². The van der Waals surface area contributed by atoms with E-state index in [0.717, 1.165) is 141 Å². The van der Waals surface area contributed by atoms with E-state index in [9.17, 15) is 5.11 Å². The molecule has 1 aliphatic carbocycles. The average Bonchev–Trinajstić information content (AvgIpc) is 3.90. The number of pyridine rings is 1. The molecule has 1 N–H and O–H groups in total. The Morgan fingerprint density at radius 3 is 2.06 bits per heavy atom. The van der Waals surface area contributed by atoms with Gasteiger partial charge in [0.2, 0.25) is 0 Å². The van der Waals surface area contributed by atoms with E-state index in [1.807, 2.05) is 12.1 Å². The standard InChI is InChI=1S/C60H44N3O2.Pt/c1-35-30-36(2)32-42(31-35)45-21-12-20-44(39-16-6-5-7-17-39)55(45)48-33-43(34-53-56(48)47-19-8-9-25-52(47)65-53)46-22-13-23-50-58(46)62-60(63(50)59-37(3)14-10-15-38(59)4)49-29-28-41-27-26-40-18-11-24-51(64)54(40)57(41)61-49;/h5-25,28-32,34,64H,26-27H2,1-4H3;/q-1;. The minimum Gasteiger partial charge on any atom is -0.507 e. The number of aryl methyl sites for hydroxylation is 6. The van der Waals surface area contributed by atoms with Crippen LogP contribution in [0.3, 0.4) is 0 Å². The summed E-state index contributed by atoms with van der Waals surface area (Å²) < 4.78 is 9.11. The summed E-state index contributed by atoms with van der Waals surface area (Å²) in [6.07, 6.45) is 1.72. The largest absolute Gasteiger partial charge is 0.507 e. The molecule has 3 aromatic heterocycles. The fourth-order valence-electron chi connectivity index (χ4n) is 10.4. The van der Waals surface area contributed by atoms with Crippen molar-refractivity contribution in [2.75, 3.05) is 0 Å². The number of hydrogen-bond acceptors (Lipinski definition) is 4. The second-order valence-electron chi connectivity index (χ2n) is 17.6. The Kier molecular flexibility index (Phi) is 10.2. The Morgan fingerprint density at radius 2 is 1.26 bits per heavy atom. The van der Waals surface area contributed by atoms with Crippen LogP contribution in [0.2, 0.25) is 0 Å². The molecule has 1 aliphatic rings. The number of benzene rings is 8. The van der Waals surface area contributed by atoms with E-state index in [-0.39, 0.29) is 26.8 Å². The van der Waals surface area contributed by atoms with Gasteiger partial charge in [-0.2, -0.15) is 0 Å². The molecule has 0 bridgehead atoms. The van der Waals surface area contributed by atoms with Gasteiger partial charge in [-0.3, -0.25) is 4.57 Å². The zero-order valence-electron chi connectivity index (χ0n) is 37.0. The zero-order valence-corrected chi connectivity index (χ0v) is 39.3. The molecule has 0 atom stereocenters. The normalized spacial score (nSPS) is 12.1. The number of aromatic hydroxyl groups is 1. The monoisotopic (exact) mass is 1030 g/mol. The average molecular weight is 1030 g/mol. The first kappa shape index (κ1) is 41.4. The van der Waals surface area contributed by atoms with Crippen LogP contribution in [0.4, 0.5) is 0 Å². The van der Waals surface area contributed by atoms with Gasteiger partial charge in [0.25, 0.3) is 0 Å². The number of nitrogens with zero attached hydrogens (tertiary/aromatic N) is 3. The molecular weight excluding hydrogens is 990 g/mol. The van der Waals surface area contributed by atoms with Crippen LogP contribution in [0, 0.1) is 33.8 Å². The molecule has 0 saturated carbocycles. The van der Waals surface area contributed by atoms with Crippen molar-refractivity contribution < 1.29 is 30.6 Å². The van der Waals surface area contributed by atoms with Crippen LogP contribution >= 0.6 is 0 Å². The minimum absolute atomic E-state index is 0. The van der Waals surface area contributed by atoms with Gasteiger partial charge in [-0.15, -0.1) is 17.2 Å². The van der Waals surface area contributed by atoms with Gasteiger partial charge in [0, 0.05) is 26.6 Å². The van der Waals surface area contributed by atoms with Gasteiger partial charge in [-0.25, -0.2) is 9.97 Å². The molecule has 0 radical (unpaired) electrons. The van der Waals surface area contributed by atoms with Gasteiger partial charge in [-0.1, -0.05) is 162 Å². The van der Waals surface area contributed by atoms with Crippen LogP contribution in [0.1, 0.15) is 33.4 Å². The Bertz CT molecular complexity index is 3690. The summed E-state index contributed by atoms with van der Waals surface area (Å²) in [6, 6.07) is 61.5. The Morgan fingerprint density at radius 1 is 0.576 bits per heavy atom. The van der Waals surface area contributed by atoms with Crippen molar-refractivity contribution in [1.82, 2.24) is 14.5 Å². The molecule has 0 saturated heterocycles. The minimum atomic E-state index is 0. The van der Waals surface area contributed by atoms with Crippen LogP contribution < -0.4 is 0 Å². The Labute approximate surface area is 398 Å². The molecule has 0 spiro atoms. The predicted molar refractivity (Wildman–Crippen MR) is 266 cm³/mol. The summed E-state index contributed by atoms with van der Waals surface area (Å²) in [4.78, 5) is 11.0. The van der Waals surface area contributed by atoms with Crippen LogP contribution in [0.25, 0.3) is 106 Å². The topological polar surface area (TPSA) is 64.1 Å². The van der Waals surface area contributed by atoms with Crippen molar-refractivity contribution >= 4 is 33.0 Å². The van der Waals surface area contributed by atoms with E-state index in [4.69, 9.17) is 14.4 Å². The summed E-state index contributed by atoms with van der Waals surface area (Å²) in [6.45, 7) is 8.65. The predicted octanol–water partition coefficient (Wildman–Crippen LogP) is 15.2. The number of phenolic OH excluding ortho intramolecular Hbond substituents is 1. The van der Waals surface area contributed by atoms with E-state index in [2.05, 4.69) is 184 Å². The quantitative estimate of drug-likeness (QED) is 0.169. The van der Waals surface area contributed by atoms with Crippen molar-refractivity contribution in [3.8, 4) is 78.7 Å². The molecule has 5 nitrogen and oxygen atoms in total. The molecule has 6 heteroatoms. The third-order valence-electron chi connectivity index (χ3n) is 13.2. The van der Waals surface area contributed by atoms with Crippen LogP contribution in [-0.4, -0.2) is 19.6 Å². The van der Waals surface area contributed by atoms with Crippen molar-refractivity contribution in [1.29, 1.82) is 0 Å². The molecule has 0 fully saturated rings. The molecule has 12 rings (SSSR count). The maximum absolute atomic E-state index is 11.2. The van der Waals surface area contributed by atoms with E-state index < -0.39 is 0 Å². The van der Waals surface area contributed by atoms with Crippen molar-refractivity contribution in [3.05, 3.63) is 203 Å². The van der Waals surface area contributed by atoms with E-state index in [1.165, 1.54) is 11.1 Å². The zero-order chi connectivity index (χ0) is 43.9. The second-order valence-corrected chi connectivity index (χ2v) is 17.6. The first-order valence-corrected chi connectivity index (χ1v) is 22.3. The summed E-state index contributed by atoms with van der Waals surface area (Å²) in [5, 5.41) is 13.3. The van der Waals surface area contributed by atoms with Crippen LogP contribution in [0.15, 0.2) is 168 Å². The Hall–Kier alpha value is -7.33. The number of fused-ring (bicyclic) bond motifs is 7. The van der Waals surface area contributed by atoms with Gasteiger partial charge >= 0.3 is 0 Å². The molecule has 3 heterocycles. The second kappa shape index (κ2) is 16.3. The van der Waals surface area contributed by atoms with Gasteiger partial charge in [0.1, 0.15) is 17.0 Å². The first-order valence-electron chi connectivity index (χ1n) is 22.3. The molecule has 11 aromatic rings. The number of furan rings is 1. The number of phenols is 1. The van der Waals surface area contributed by atoms with Crippen molar-refractivity contribution in [2.24, 2.45) is 0 Å². The molecule has 8 aromatic carbocycles. The summed E-state index contributed by atoms with van der Waals surface area (Å²) in [7, 11) is 0. The van der Waals surface area contributed by atoms with Crippen LogP contribution in [0.5, 0.6) is 5.75 Å². The number of para-hydroxylation sites is 3. The number of aromatic nitrogens is 3. The number of imidazole rings is 1. The van der Waals surface area contributed by atoms with Crippen molar-refractivity contribution in [2.45, 2.75) is 40.5 Å². The van der Waals surface area contributed by atoms with Crippen molar-refractivity contribution in [3.63, 3.8) is 0 Å². The summed E-state index contributed by atoms with van der Waals surface area (Å²) >= 11 is 0. The molecule has 0 amide bonds. The summed E-state index contributed by atoms with van der Waals surface area (Å²) in [5.41, 5.74) is 22.1. The molecule has 322 valence electrons. The maximum atomic E-state index is 11.2. The third-order valence-corrected chi connectivity index (χ3v) is 13.2. The number of hydrogen-bond donors (Lipinski definition) is 1. The molecule has 0 unspecified atom stereocenters. The Balaban J connectivity index is 0.00000481. The fourth-order valence-corrected chi connectivity index (χ4v) is 10.4. The van der Waals surface area contributed by atoms with Gasteiger partial charge in [-0.05, 0) is 120 Å². The smallest absolute Gasteiger partial charge is 0.163 e. The maximum Gasteiger partial charge on any atom is 0.163 e. The van der Waals surface area contributed by atoms with E-state index in [0.29, 0.717) is 0 Å². The number of rotatable bonds is 6. The van der Waals surface area contributed by atoms with Crippen LogP contribution in [-0.2, 0) is 33.9 Å². The SMILES string of the molecule is Cc1cc(C)cc(-c2cccc(-c3ccccc3)c2-c2[c-]c(-c3cccc4c3nc(-c3ccc5c(n3)-c3c(O)cccc3CC5)n4-c3c(C)cccc3C)cc3oc4ccccc4c23)c1.[Pt]. The third kappa shape index (κ3) is 6.72. The van der Waals surface area contributed by atoms with Gasteiger partial charge < -0.3 is 9.52 Å².